The van der Waals surface area contributed by atoms with Crippen LogP contribution in [0.3, 0.4) is 0 Å². The second-order valence-corrected chi connectivity index (χ2v) is 2.59. The SMILES string of the molecule is CN=Cc1ccccc1NC(=O)OC. The van der Waals surface area contributed by atoms with E-state index in [1.165, 1.54) is 7.11 Å². The lowest BCUT2D eigenvalue weighted by molar-refractivity contribution is 0.187. The first-order valence-electron chi connectivity index (χ1n) is 4.14. The number of methoxy groups -OCH3 is 1. The van der Waals surface area contributed by atoms with Crippen molar-refractivity contribution in [1.82, 2.24) is 0 Å². The molecule has 0 aliphatic rings. The molecule has 0 fully saturated rings. The highest BCUT2D eigenvalue weighted by Gasteiger charge is 2.03. The molecule has 0 heterocycles. The third-order valence-electron chi connectivity index (χ3n) is 1.65. The largest absolute Gasteiger partial charge is 0.453 e. The van der Waals surface area contributed by atoms with Crippen molar-refractivity contribution >= 4 is 18.0 Å². The van der Waals surface area contributed by atoms with Gasteiger partial charge in [0.25, 0.3) is 0 Å². The van der Waals surface area contributed by atoms with Crippen molar-refractivity contribution in [2.75, 3.05) is 19.5 Å². The number of nitrogens with one attached hydrogen (secondary N) is 1. The summed E-state index contributed by atoms with van der Waals surface area (Å²) in [6.07, 6.45) is 1.19. The lowest BCUT2D eigenvalue weighted by Crippen LogP contribution is -2.12. The Morgan fingerprint density at radius 3 is 2.86 bits per heavy atom. The molecule has 0 atom stereocenters. The van der Waals surface area contributed by atoms with Crippen LogP contribution < -0.4 is 5.32 Å². The highest BCUT2D eigenvalue weighted by atomic mass is 16.5. The van der Waals surface area contributed by atoms with Crippen LogP contribution in [0.25, 0.3) is 0 Å². The zero-order valence-corrected chi connectivity index (χ0v) is 8.15. The van der Waals surface area contributed by atoms with Crippen LogP contribution in [0, 0.1) is 0 Å². The average molecular weight is 192 g/mol. The number of hydrogen-bond acceptors (Lipinski definition) is 3. The van der Waals surface area contributed by atoms with Gasteiger partial charge in [-0.25, -0.2) is 4.79 Å². The number of hydrogen-bond donors (Lipinski definition) is 1. The van der Waals surface area contributed by atoms with Gasteiger partial charge >= 0.3 is 6.09 Å². The van der Waals surface area contributed by atoms with Crippen LogP contribution in [0.15, 0.2) is 29.3 Å². The minimum atomic E-state index is -0.484. The summed E-state index contributed by atoms with van der Waals surface area (Å²) in [7, 11) is 3.00. The maximum atomic E-state index is 11.0. The van der Waals surface area contributed by atoms with E-state index in [1.54, 1.807) is 19.3 Å². The van der Waals surface area contributed by atoms with E-state index < -0.39 is 6.09 Å². The summed E-state index contributed by atoms with van der Waals surface area (Å²) < 4.78 is 4.49. The Morgan fingerprint density at radius 2 is 2.21 bits per heavy atom. The lowest BCUT2D eigenvalue weighted by atomic mass is 10.2. The Labute approximate surface area is 82.6 Å². The smallest absolute Gasteiger partial charge is 0.411 e. The first-order chi connectivity index (χ1) is 6.77. The first-order valence-corrected chi connectivity index (χ1v) is 4.14. The number of benzene rings is 1. The number of ether oxygens (including phenoxy) is 1. The van der Waals surface area contributed by atoms with Gasteiger partial charge < -0.3 is 4.74 Å². The molecular weight excluding hydrogens is 180 g/mol. The van der Waals surface area contributed by atoms with Gasteiger partial charge in [0.05, 0.1) is 12.8 Å². The topological polar surface area (TPSA) is 50.7 Å². The van der Waals surface area contributed by atoms with Gasteiger partial charge in [-0.3, -0.25) is 10.3 Å². The summed E-state index contributed by atoms with van der Waals surface area (Å²) in [6, 6.07) is 7.35. The number of anilines is 1. The van der Waals surface area contributed by atoms with Crippen LogP contribution in [0.2, 0.25) is 0 Å². The van der Waals surface area contributed by atoms with Crippen molar-refractivity contribution in [2.45, 2.75) is 0 Å². The molecule has 14 heavy (non-hydrogen) atoms. The van der Waals surface area contributed by atoms with Crippen molar-refractivity contribution in [2.24, 2.45) is 4.99 Å². The lowest BCUT2D eigenvalue weighted by Gasteiger charge is -2.05. The van der Waals surface area contributed by atoms with Crippen LogP contribution in [0.1, 0.15) is 5.56 Å². The molecular formula is C10H12N2O2. The minimum Gasteiger partial charge on any atom is -0.453 e. The summed E-state index contributed by atoms with van der Waals surface area (Å²) >= 11 is 0. The Balaban J connectivity index is 2.89. The van der Waals surface area contributed by atoms with Gasteiger partial charge in [0.1, 0.15) is 0 Å². The molecule has 0 saturated heterocycles. The second-order valence-electron chi connectivity index (χ2n) is 2.59. The molecule has 74 valence electrons. The molecule has 1 amide bonds. The number of amides is 1. The molecule has 1 rings (SSSR count). The third-order valence-corrected chi connectivity index (χ3v) is 1.65. The fraction of sp³-hybridized carbons (Fsp3) is 0.200. The fourth-order valence-electron chi connectivity index (χ4n) is 1.02. The summed E-state index contributed by atoms with van der Waals surface area (Å²) in [5.41, 5.74) is 1.53. The number of para-hydroxylation sites is 1. The Hall–Kier alpha value is -1.84. The van der Waals surface area contributed by atoms with E-state index in [4.69, 9.17) is 0 Å². The standard InChI is InChI=1S/C10H12N2O2/c1-11-7-8-5-3-4-6-9(8)12-10(13)14-2/h3-7H,1-2H3,(H,12,13). The summed E-state index contributed by atoms with van der Waals surface area (Å²) in [5, 5.41) is 2.59. The number of aliphatic imine (C=N–C) groups is 1. The monoisotopic (exact) mass is 192 g/mol. The Morgan fingerprint density at radius 1 is 1.50 bits per heavy atom. The molecule has 0 radical (unpaired) electrons. The first kappa shape index (κ1) is 10.2. The second kappa shape index (κ2) is 5.01. The number of nitrogens with zero attached hydrogens (tertiary/aromatic N) is 1. The molecule has 1 N–H and O–H groups in total. The normalized spacial score (nSPS) is 10.1. The van der Waals surface area contributed by atoms with Gasteiger partial charge in [0.15, 0.2) is 0 Å². The van der Waals surface area contributed by atoms with Crippen LogP contribution in [0.5, 0.6) is 0 Å². The Kier molecular flexibility index (Phi) is 3.67. The molecule has 0 saturated carbocycles. The van der Waals surface area contributed by atoms with Gasteiger partial charge in [-0.1, -0.05) is 18.2 Å². The van der Waals surface area contributed by atoms with Crippen LogP contribution in [-0.2, 0) is 4.74 Å². The molecule has 0 bridgehead atoms. The number of carbonyl (C=O) groups is 1. The predicted octanol–water partition coefficient (Wildman–Crippen LogP) is 1.91. The third kappa shape index (κ3) is 2.58. The molecule has 4 nitrogen and oxygen atoms in total. The fourth-order valence-corrected chi connectivity index (χ4v) is 1.02. The quantitative estimate of drug-likeness (QED) is 0.728. The highest BCUT2D eigenvalue weighted by Crippen LogP contribution is 2.12. The van der Waals surface area contributed by atoms with E-state index in [9.17, 15) is 4.79 Å². The number of carbonyl (C=O) groups excluding carboxylic acids is 1. The molecule has 0 aliphatic heterocycles. The maximum Gasteiger partial charge on any atom is 0.411 e. The van der Waals surface area contributed by atoms with E-state index in [0.717, 1.165) is 5.56 Å². The van der Waals surface area contributed by atoms with Crippen molar-refractivity contribution in [3.8, 4) is 0 Å². The summed E-state index contributed by atoms with van der Waals surface area (Å²) in [5.74, 6) is 0. The zero-order chi connectivity index (χ0) is 10.4. The van der Waals surface area contributed by atoms with E-state index in [0.29, 0.717) is 5.69 Å². The average Bonchev–Trinajstić information content (AvgIpc) is 2.21. The van der Waals surface area contributed by atoms with E-state index >= 15 is 0 Å². The Bertz CT molecular complexity index is 348. The number of rotatable bonds is 2. The van der Waals surface area contributed by atoms with Crippen molar-refractivity contribution in [3.63, 3.8) is 0 Å². The van der Waals surface area contributed by atoms with E-state index in [-0.39, 0.29) is 0 Å². The summed E-state index contributed by atoms with van der Waals surface area (Å²) in [4.78, 5) is 14.8. The van der Waals surface area contributed by atoms with Crippen molar-refractivity contribution < 1.29 is 9.53 Å². The maximum absolute atomic E-state index is 11.0. The van der Waals surface area contributed by atoms with Crippen molar-refractivity contribution in [3.05, 3.63) is 29.8 Å². The molecule has 1 aromatic rings. The van der Waals surface area contributed by atoms with Crippen LogP contribution in [-0.4, -0.2) is 26.5 Å². The minimum absolute atomic E-state index is 0.484. The van der Waals surface area contributed by atoms with Gasteiger partial charge in [-0.2, -0.15) is 0 Å². The molecule has 0 spiro atoms. The van der Waals surface area contributed by atoms with Crippen LogP contribution in [0.4, 0.5) is 10.5 Å². The van der Waals surface area contributed by atoms with E-state index in [1.807, 2.05) is 18.2 Å². The highest BCUT2D eigenvalue weighted by molar-refractivity contribution is 5.94. The van der Waals surface area contributed by atoms with E-state index in [2.05, 4.69) is 15.0 Å². The molecule has 4 heteroatoms. The predicted molar refractivity (Wildman–Crippen MR) is 56.0 cm³/mol. The van der Waals surface area contributed by atoms with Gasteiger partial charge in [-0.05, 0) is 6.07 Å². The zero-order valence-electron chi connectivity index (χ0n) is 8.15. The molecule has 0 aliphatic carbocycles. The van der Waals surface area contributed by atoms with Crippen molar-refractivity contribution in [1.29, 1.82) is 0 Å². The van der Waals surface area contributed by atoms with Gasteiger partial charge in [0, 0.05) is 18.8 Å². The van der Waals surface area contributed by atoms with Gasteiger partial charge in [0.2, 0.25) is 0 Å². The van der Waals surface area contributed by atoms with Gasteiger partial charge in [-0.15, -0.1) is 0 Å². The summed E-state index contributed by atoms with van der Waals surface area (Å²) in [6.45, 7) is 0. The molecule has 1 aromatic carbocycles. The van der Waals surface area contributed by atoms with Crippen LogP contribution >= 0.6 is 0 Å². The molecule has 0 aromatic heterocycles. The molecule has 0 unspecified atom stereocenters.